The zero-order valence-electron chi connectivity index (χ0n) is 20.2. The highest BCUT2D eigenvalue weighted by Crippen LogP contribution is 2.33. The van der Waals surface area contributed by atoms with Crippen LogP contribution >= 0.6 is 11.6 Å². The highest BCUT2D eigenvalue weighted by Gasteiger charge is 2.27. The van der Waals surface area contributed by atoms with E-state index in [1.165, 1.54) is 19.2 Å². The Hall–Kier alpha value is -3.29. The van der Waals surface area contributed by atoms with Crippen LogP contribution in [0, 0.1) is 20.8 Å². The fraction of sp³-hybridized carbons (Fsp3) is 0.222. The van der Waals surface area contributed by atoms with Crippen molar-refractivity contribution >= 4 is 43.8 Å². The molecule has 0 aliphatic rings. The SMILES string of the molecule is COc1cc(NC(C(=O)c2c[nH]c3c(C)cc(C)cc23)c2ccc(Cl)cc2C)cc(S(C)(=O)=O)c1. The minimum Gasteiger partial charge on any atom is -0.497 e. The van der Waals surface area contributed by atoms with Gasteiger partial charge in [0.1, 0.15) is 11.8 Å². The van der Waals surface area contributed by atoms with Gasteiger partial charge in [0.2, 0.25) is 0 Å². The second kappa shape index (κ2) is 9.40. The van der Waals surface area contributed by atoms with Crippen molar-refractivity contribution in [3.63, 3.8) is 0 Å². The smallest absolute Gasteiger partial charge is 0.191 e. The minimum absolute atomic E-state index is 0.0942. The summed E-state index contributed by atoms with van der Waals surface area (Å²) >= 11 is 6.19. The van der Waals surface area contributed by atoms with Crippen molar-refractivity contribution in [2.24, 2.45) is 0 Å². The standard InChI is InChI=1S/C27H27ClN2O4S/c1-15-8-17(3)25-23(9-15)24(14-29-25)27(31)26(22-7-6-18(28)10-16(22)2)30-19-11-20(34-4)13-21(12-19)35(5,32)33/h6-14,26,29-30H,1-5H3. The monoisotopic (exact) mass is 510 g/mol. The van der Waals surface area contributed by atoms with Gasteiger partial charge in [-0.05, 0) is 67.8 Å². The van der Waals surface area contributed by atoms with E-state index in [0.717, 1.165) is 39.4 Å². The predicted octanol–water partition coefficient (Wildman–Crippen LogP) is 6.19. The number of aromatic amines is 1. The number of H-pyrrole nitrogens is 1. The van der Waals surface area contributed by atoms with E-state index in [-0.39, 0.29) is 10.7 Å². The maximum atomic E-state index is 14.1. The van der Waals surface area contributed by atoms with Gasteiger partial charge in [-0.1, -0.05) is 29.3 Å². The third-order valence-electron chi connectivity index (χ3n) is 6.06. The Bertz CT molecular complexity index is 1560. The first kappa shape index (κ1) is 24.8. The van der Waals surface area contributed by atoms with Gasteiger partial charge in [-0.3, -0.25) is 4.79 Å². The highest BCUT2D eigenvalue weighted by atomic mass is 35.5. The third-order valence-corrected chi connectivity index (χ3v) is 7.38. The number of methoxy groups -OCH3 is 1. The number of carbonyl (C=O) groups is 1. The highest BCUT2D eigenvalue weighted by molar-refractivity contribution is 7.90. The Morgan fingerprint density at radius 2 is 1.77 bits per heavy atom. The summed E-state index contributed by atoms with van der Waals surface area (Å²) in [4.78, 5) is 17.4. The van der Waals surface area contributed by atoms with Crippen LogP contribution in [0.25, 0.3) is 10.9 Å². The van der Waals surface area contributed by atoms with E-state index in [4.69, 9.17) is 16.3 Å². The van der Waals surface area contributed by atoms with Gasteiger partial charge < -0.3 is 15.0 Å². The molecule has 0 spiro atoms. The lowest BCUT2D eigenvalue weighted by Gasteiger charge is -2.22. The summed E-state index contributed by atoms with van der Waals surface area (Å²) in [5, 5.41) is 4.68. The van der Waals surface area contributed by atoms with Crippen LogP contribution in [-0.2, 0) is 9.84 Å². The van der Waals surface area contributed by atoms with Crippen LogP contribution in [0.5, 0.6) is 5.75 Å². The lowest BCUT2D eigenvalue weighted by molar-refractivity contribution is 0.0971. The number of Topliss-reactive ketones (excluding diaryl/α,β-unsaturated/α-hetero) is 1. The molecule has 3 aromatic carbocycles. The number of aryl methyl sites for hydroxylation is 3. The molecule has 0 bridgehead atoms. The Morgan fingerprint density at radius 3 is 2.43 bits per heavy atom. The van der Waals surface area contributed by atoms with Crippen molar-refractivity contribution in [1.29, 1.82) is 0 Å². The molecular formula is C27H27ClN2O4S. The van der Waals surface area contributed by atoms with E-state index >= 15 is 0 Å². The first-order valence-electron chi connectivity index (χ1n) is 11.0. The van der Waals surface area contributed by atoms with Gasteiger partial charge in [0.25, 0.3) is 0 Å². The van der Waals surface area contributed by atoms with Crippen molar-refractivity contribution in [3.05, 3.63) is 87.6 Å². The van der Waals surface area contributed by atoms with E-state index in [9.17, 15) is 13.2 Å². The maximum absolute atomic E-state index is 14.1. The number of carbonyl (C=O) groups excluding carboxylic acids is 1. The Balaban J connectivity index is 1.87. The Morgan fingerprint density at radius 1 is 1.03 bits per heavy atom. The molecule has 0 aliphatic heterocycles. The quantitative estimate of drug-likeness (QED) is 0.289. The molecule has 2 N–H and O–H groups in total. The molecule has 182 valence electrons. The van der Waals surface area contributed by atoms with Gasteiger partial charge in [0.15, 0.2) is 15.6 Å². The van der Waals surface area contributed by atoms with E-state index in [0.29, 0.717) is 22.0 Å². The molecular weight excluding hydrogens is 484 g/mol. The number of fused-ring (bicyclic) bond motifs is 1. The fourth-order valence-corrected chi connectivity index (χ4v) is 5.25. The molecule has 1 aromatic heterocycles. The van der Waals surface area contributed by atoms with Gasteiger partial charge in [0.05, 0.1) is 12.0 Å². The molecule has 35 heavy (non-hydrogen) atoms. The first-order chi connectivity index (χ1) is 16.5. The molecule has 0 saturated carbocycles. The fourth-order valence-electron chi connectivity index (χ4n) is 4.35. The summed E-state index contributed by atoms with van der Waals surface area (Å²) in [6.45, 7) is 5.89. The van der Waals surface area contributed by atoms with E-state index in [1.807, 2.05) is 32.9 Å². The summed E-state index contributed by atoms with van der Waals surface area (Å²) in [5.74, 6) is 0.211. The second-order valence-electron chi connectivity index (χ2n) is 8.82. The summed E-state index contributed by atoms with van der Waals surface area (Å²) in [6, 6.07) is 13.2. The molecule has 1 unspecified atom stereocenters. The molecule has 8 heteroatoms. The molecule has 0 saturated heterocycles. The molecule has 0 aliphatic carbocycles. The summed E-state index contributed by atoms with van der Waals surface area (Å²) in [5.41, 5.74) is 5.59. The van der Waals surface area contributed by atoms with Gasteiger partial charge >= 0.3 is 0 Å². The van der Waals surface area contributed by atoms with Crippen LogP contribution in [0.1, 0.15) is 38.7 Å². The van der Waals surface area contributed by atoms with Crippen LogP contribution in [0.4, 0.5) is 5.69 Å². The van der Waals surface area contributed by atoms with Crippen LogP contribution in [0.3, 0.4) is 0 Å². The van der Waals surface area contributed by atoms with Crippen LogP contribution in [-0.4, -0.2) is 32.6 Å². The first-order valence-corrected chi connectivity index (χ1v) is 13.3. The Labute approximate surface area is 210 Å². The van der Waals surface area contributed by atoms with Crippen LogP contribution in [0.15, 0.2) is 59.6 Å². The molecule has 1 heterocycles. The zero-order chi connectivity index (χ0) is 25.5. The van der Waals surface area contributed by atoms with Gasteiger partial charge in [0, 0.05) is 45.7 Å². The van der Waals surface area contributed by atoms with Crippen molar-refractivity contribution in [2.45, 2.75) is 31.7 Å². The molecule has 1 atom stereocenters. The zero-order valence-corrected chi connectivity index (χ0v) is 21.8. The largest absolute Gasteiger partial charge is 0.497 e. The number of hydrogen-bond donors (Lipinski definition) is 2. The number of halogens is 1. The topological polar surface area (TPSA) is 88.3 Å². The summed E-state index contributed by atoms with van der Waals surface area (Å²) < 4.78 is 29.8. The molecule has 4 rings (SSSR count). The predicted molar refractivity (Wildman–Crippen MR) is 141 cm³/mol. The third kappa shape index (κ3) is 5.06. The Kier molecular flexibility index (Phi) is 6.66. The van der Waals surface area contributed by atoms with Crippen molar-refractivity contribution in [2.75, 3.05) is 18.7 Å². The number of nitrogens with one attached hydrogen (secondary N) is 2. The lowest BCUT2D eigenvalue weighted by Crippen LogP contribution is -2.22. The number of rotatable bonds is 7. The number of sulfone groups is 1. The molecule has 4 aromatic rings. The van der Waals surface area contributed by atoms with Gasteiger partial charge in [-0.25, -0.2) is 8.42 Å². The number of ether oxygens (including phenoxy) is 1. The van der Waals surface area contributed by atoms with E-state index < -0.39 is 15.9 Å². The van der Waals surface area contributed by atoms with Crippen molar-refractivity contribution in [3.8, 4) is 5.75 Å². The molecule has 0 fully saturated rings. The van der Waals surface area contributed by atoms with Crippen LogP contribution in [0.2, 0.25) is 5.02 Å². The number of ketones is 1. The molecule has 0 radical (unpaired) electrons. The van der Waals surface area contributed by atoms with E-state index in [1.54, 1.807) is 24.4 Å². The number of benzene rings is 3. The second-order valence-corrected chi connectivity index (χ2v) is 11.3. The lowest BCUT2D eigenvalue weighted by atomic mass is 9.93. The number of hydrogen-bond acceptors (Lipinski definition) is 5. The summed E-state index contributed by atoms with van der Waals surface area (Å²) in [6.07, 6.45) is 2.86. The average molecular weight is 511 g/mol. The summed E-state index contributed by atoms with van der Waals surface area (Å²) in [7, 11) is -2.04. The number of anilines is 1. The van der Waals surface area contributed by atoms with Crippen molar-refractivity contribution in [1.82, 2.24) is 4.98 Å². The average Bonchev–Trinajstić information content (AvgIpc) is 3.21. The minimum atomic E-state index is -3.50. The maximum Gasteiger partial charge on any atom is 0.191 e. The number of aromatic nitrogens is 1. The normalized spacial score (nSPS) is 12.5. The van der Waals surface area contributed by atoms with Gasteiger partial charge in [-0.15, -0.1) is 0 Å². The van der Waals surface area contributed by atoms with Gasteiger partial charge in [-0.2, -0.15) is 0 Å². The van der Waals surface area contributed by atoms with Crippen molar-refractivity contribution < 1.29 is 17.9 Å². The molecule has 6 nitrogen and oxygen atoms in total. The molecule has 0 amide bonds. The van der Waals surface area contributed by atoms with E-state index in [2.05, 4.69) is 16.4 Å². The van der Waals surface area contributed by atoms with Crippen LogP contribution < -0.4 is 10.1 Å².